The molecule has 2 nitrogen and oxygen atoms in total. The summed E-state index contributed by atoms with van der Waals surface area (Å²) in [6.07, 6.45) is -2.87. The van der Waals surface area contributed by atoms with E-state index in [9.17, 15) is 0 Å². The third-order valence-electron chi connectivity index (χ3n) is 0.447. The first-order valence-electron chi connectivity index (χ1n) is 14.3. The predicted octanol–water partition coefficient (Wildman–Crippen LogP) is -3.93. The van der Waals surface area contributed by atoms with Gasteiger partial charge in [-0.1, -0.05) is 0 Å². The highest BCUT2D eigenvalue weighted by molar-refractivity contribution is 4.64. The van der Waals surface area contributed by atoms with Gasteiger partial charge in [-0.3, -0.25) is 0 Å². The van der Waals surface area contributed by atoms with Gasteiger partial charge in [-0.15, -0.1) is 0 Å². The largest absolute Gasteiger partial charge is 1.00 e. The highest BCUT2D eigenvalue weighted by Gasteiger charge is 1.95. The molecule has 0 fully saturated rings. The summed E-state index contributed by atoms with van der Waals surface area (Å²) in [5, 5.41) is 0. The quantitative estimate of drug-likeness (QED) is 0.358. The van der Waals surface area contributed by atoms with Gasteiger partial charge in [-0.25, -0.2) is 0 Å². The molecule has 0 heterocycles. The molecule has 0 aromatic carbocycles. The van der Waals surface area contributed by atoms with Crippen LogP contribution in [0.3, 0.4) is 0 Å². The van der Waals surface area contributed by atoms with Gasteiger partial charge in [0.15, 0.2) is 0 Å². The van der Waals surface area contributed by atoms with Crippen LogP contribution in [0.1, 0.15) is 38.5 Å². The maximum atomic E-state index is 7.48. The minimum absolute atomic E-state index is 0. The van der Waals surface area contributed by atoms with E-state index >= 15 is 0 Å². The maximum absolute atomic E-state index is 7.48. The van der Waals surface area contributed by atoms with Crippen molar-refractivity contribution < 1.29 is 65.3 Å². The normalized spacial score (nSPS) is 39.1. The molecule has 0 atom stereocenters. The van der Waals surface area contributed by atoms with Crippen LogP contribution >= 0.6 is 0 Å². The number of halogens is 2. The van der Waals surface area contributed by atoms with Gasteiger partial charge in [-0.2, -0.15) is 0 Å². The fourth-order valence-corrected chi connectivity index (χ4v) is 0.168. The molecule has 15 heavy (non-hydrogen) atoms. The third kappa shape index (κ3) is 41.2. The van der Waals surface area contributed by atoms with Crippen molar-refractivity contribution >= 4 is 0 Å². The Morgan fingerprint density at radius 2 is 1.53 bits per heavy atom. The molecule has 0 aliphatic carbocycles. The third-order valence-corrected chi connectivity index (χ3v) is 0.447. The first-order valence-corrected chi connectivity index (χ1v) is 2.79. The van der Waals surface area contributed by atoms with E-state index in [0.717, 1.165) is 6.92 Å². The number of nitrogens with zero attached hydrogens (tertiary/aromatic N) is 2. The van der Waals surface area contributed by atoms with Crippen LogP contribution in [-0.2, 0) is 0 Å². The molecule has 0 aromatic heterocycles. The van der Waals surface area contributed by atoms with Gasteiger partial charge in [0.2, 0.25) is 0 Å². The Kier molecular flexibility index (Phi) is 1.77. The van der Waals surface area contributed by atoms with E-state index in [1.807, 2.05) is 0 Å². The average Bonchev–Trinajstić information content (AvgIpc) is 2.46. The van der Waals surface area contributed by atoms with Crippen LogP contribution in [0.4, 0.5) is 0 Å². The van der Waals surface area contributed by atoms with Crippen LogP contribution in [0.5, 0.6) is 0 Å². The average molecular weight is 282 g/mol. The fourth-order valence-electron chi connectivity index (χ4n) is 0.168. The molecular formula is C11H26Cl2N2. The summed E-state index contributed by atoms with van der Waals surface area (Å²) in [5.74, 6) is 0. The van der Waals surface area contributed by atoms with Gasteiger partial charge in [0.05, 0.1) is 83.0 Å². The topological polar surface area (TPSA) is 0 Å². The van der Waals surface area contributed by atoms with E-state index in [1.54, 1.807) is 0 Å². The summed E-state index contributed by atoms with van der Waals surface area (Å²) in [6.45, 7) is -22.0. The van der Waals surface area contributed by atoms with Crippen LogP contribution in [0.15, 0.2) is 24.9 Å². The molecule has 0 radical (unpaired) electrons. The van der Waals surface area contributed by atoms with Crippen molar-refractivity contribution in [2.45, 2.75) is 6.92 Å². The van der Waals surface area contributed by atoms with Gasteiger partial charge in [-0.05, 0) is 19.5 Å². The Balaban J connectivity index is -0.000000289. The molecule has 0 amide bonds. The fraction of sp³-hybridized carbons (Fsp3) is 0.636. The van der Waals surface area contributed by atoms with Crippen molar-refractivity contribution in [2.24, 2.45) is 0 Å². The monoisotopic (exact) mass is 281 g/mol. The van der Waals surface area contributed by atoms with Gasteiger partial charge < -0.3 is 33.8 Å². The molecule has 0 aliphatic heterocycles. The molecule has 94 valence electrons. The van der Waals surface area contributed by atoms with E-state index in [0.29, 0.717) is 0 Å². The number of allylic oxidation sites excluding steroid dienone is 1. The van der Waals surface area contributed by atoms with Crippen molar-refractivity contribution in [2.75, 3.05) is 41.9 Å². The summed E-state index contributed by atoms with van der Waals surface area (Å²) in [5.41, 5.74) is 0. The van der Waals surface area contributed by atoms with Gasteiger partial charge in [0, 0.05) is 0 Å². The minimum Gasteiger partial charge on any atom is -1.00 e. The van der Waals surface area contributed by atoms with Crippen molar-refractivity contribution in [3.8, 4) is 0 Å². The lowest BCUT2D eigenvalue weighted by Gasteiger charge is -2.16. The number of hydrogen-bond acceptors (Lipinski definition) is 0. The second kappa shape index (κ2) is 10.5. The standard InChI is InChI=1S/C6H14N.C5H12N.2ClH/c1-5-6-7(2,3)4;1-5-6(2,3)4;;/h5-6H,1-4H3;5H,1H2,2-4H3;2*1H/q2*+1;;/p-2/b6-5-;;;/i2D3,3D3,4D3,5D,6D,7+1;1D2,2D3,3D3,4D3,5D,6+1;;. The van der Waals surface area contributed by atoms with E-state index in [1.165, 1.54) is 0 Å². The first-order chi connectivity index (χ1) is 15.2. The number of rotatable bonds is 2. The molecule has 0 spiro atoms. The summed E-state index contributed by atoms with van der Waals surface area (Å²) in [4.78, 5) is 0. The van der Waals surface area contributed by atoms with Crippen molar-refractivity contribution in [1.29, 1.82) is 0 Å². The number of quaternary nitrogens is 2. The second-order valence-corrected chi connectivity index (χ2v) is 1.82. The van der Waals surface area contributed by atoms with Crippen molar-refractivity contribution in [3.05, 3.63) is 24.9 Å². The second-order valence-electron chi connectivity index (χ2n) is 1.82. The zero-order valence-corrected chi connectivity index (χ0v) is 9.16. The lowest BCUT2D eigenvalue weighted by atomic mass is 10.7. The van der Waals surface area contributed by atoms with Crippen LogP contribution in [0, 0.1) is 0 Å². The predicted molar refractivity (Wildman–Crippen MR) is 61.1 cm³/mol. The van der Waals surface area contributed by atoms with E-state index < -0.39 is 75.8 Å². The Hall–Kier alpha value is -0.0200. The molecule has 0 N–H and O–H groups in total. The van der Waals surface area contributed by atoms with Crippen LogP contribution in [0.2, 0.25) is 0 Å². The minimum atomic E-state index is -3.64. The van der Waals surface area contributed by atoms with E-state index in [-0.39, 0.29) is 24.8 Å². The highest BCUT2D eigenvalue weighted by Crippen LogP contribution is 1.88. The Morgan fingerprint density at radius 3 is 1.67 bits per heavy atom. The molecule has 0 bridgehead atoms. The molecule has 0 saturated carbocycles. The van der Waals surface area contributed by atoms with E-state index in [4.69, 9.17) is 31.5 Å². The SMILES string of the molecule is [2H]/C(C)=C(\[2H])[15N+](C([2H])([2H])[2H])(C([2H])([2H])[2H])C([2H])([2H])[2H].[2H]C([2H])=C([2H])[15N+](C([2H])([2H])[2H])(C([2H])([2H])[2H])C([2H])([2H])[2H].[Cl-].[Cl-]. The van der Waals surface area contributed by atoms with Gasteiger partial charge in [0.1, 0.15) is 2.74 Å². The molecule has 0 aliphatic rings. The Morgan fingerprint density at radius 1 is 1.07 bits per heavy atom. The van der Waals surface area contributed by atoms with Crippen molar-refractivity contribution in [3.63, 3.8) is 0 Å². The lowest BCUT2D eigenvalue weighted by Crippen LogP contribution is -3.00. The van der Waals surface area contributed by atoms with Crippen LogP contribution < -0.4 is 24.8 Å². The van der Waals surface area contributed by atoms with E-state index in [2.05, 4.69) is 0 Å². The Labute approximate surface area is 141 Å². The van der Waals surface area contributed by atoms with Crippen LogP contribution in [-0.4, -0.2) is 50.8 Å². The zero-order valence-electron chi connectivity index (χ0n) is 30.7. The van der Waals surface area contributed by atoms with Crippen LogP contribution in [0.25, 0.3) is 0 Å². The first kappa shape index (κ1) is 2.54. The number of hydrogen-bond donors (Lipinski definition) is 0. The molecule has 0 unspecified atom stereocenters. The molecule has 0 aromatic rings. The van der Waals surface area contributed by atoms with Gasteiger partial charge >= 0.3 is 0 Å². The lowest BCUT2D eigenvalue weighted by molar-refractivity contribution is -0.817. The van der Waals surface area contributed by atoms with Gasteiger partial charge in [0.25, 0.3) is 0 Å². The Bertz CT molecular complexity index is 684. The molecule has 0 rings (SSSR count). The molecule has 0 saturated heterocycles. The maximum Gasteiger partial charge on any atom is 0.127 e. The smallest absolute Gasteiger partial charge is 0.127 e. The summed E-state index contributed by atoms with van der Waals surface area (Å²) < 4.78 is 160. The molecule has 4 heteroatoms. The summed E-state index contributed by atoms with van der Waals surface area (Å²) >= 11 is 0. The summed E-state index contributed by atoms with van der Waals surface area (Å²) in [6, 6.07) is -0.724. The zero-order chi connectivity index (χ0) is 30.3. The molecular weight excluding hydrogens is 233 g/mol. The summed E-state index contributed by atoms with van der Waals surface area (Å²) in [7, 11) is 0. The highest BCUT2D eigenvalue weighted by atomic mass is 35.5. The van der Waals surface area contributed by atoms with Crippen molar-refractivity contribution in [1.82, 2.24) is 0 Å².